The molecule has 0 bridgehead atoms. The molecule has 0 radical (unpaired) electrons. The van der Waals surface area contributed by atoms with Crippen LogP contribution in [0.1, 0.15) is 5.56 Å². The maximum atomic E-state index is 12.5. The smallest absolute Gasteiger partial charge is 0.253 e. The van der Waals surface area contributed by atoms with Crippen LogP contribution in [0, 0.1) is 5.82 Å². The van der Waals surface area contributed by atoms with Crippen LogP contribution in [-0.4, -0.2) is 4.98 Å². The average molecular weight is 197 g/mol. The van der Waals surface area contributed by atoms with Crippen LogP contribution in [0.15, 0.2) is 12.3 Å². The zero-order valence-corrected chi connectivity index (χ0v) is 6.85. The average Bonchev–Trinajstić information content (AvgIpc) is 1.92. The van der Waals surface area contributed by atoms with Crippen LogP contribution in [0.5, 0.6) is 0 Å². The normalized spacial score (nSPS) is 11.8. The van der Waals surface area contributed by atoms with E-state index < -0.39 is 17.6 Å². The zero-order chi connectivity index (χ0) is 9.35. The van der Waals surface area contributed by atoms with Crippen molar-refractivity contribution in [1.82, 2.24) is 4.98 Å². The Morgan fingerprint density at radius 2 is 1.92 bits per heavy atom. The maximum Gasteiger partial charge on any atom is 0.417 e. The second-order valence-corrected chi connectivity index (χ2v) is 2.64. The van der Waals surface area contributed by atoms with Crippen molar-refractivity contribution < 1.29 is 17.6 Å². The SMILES string of the molecule is Fc1cc(C(F)(F)F)cnc1P. The van der Waals surface area contributed by atoms with E-state index in [2.05, 4.69) is 4.98 Å². The quantitative estimate of drug-likeness (QED) is 0.456. The second kappa shape index (κ2) is 2.98. The van der Waals surface area contributed by atoms with Gasteiger partial charge in [-0.05, 0) is 6.07 Å². The number of hydrogen-bond donors (Lipinski definition) is 0. The van der Waals surface area contributed by atoms with Gasteiger partial charge in [-0.15, -0.1) is 0 Å². The minimum absolute atomic E-state index is 0.122. The topological polar surface area (TPSA) is 12.9 Å². The molecule has 12 heavy (non-hydrogen) atoms. The van der Waals surface area contributed by atoms with Crippen molar-refractivity contribution >= 4 is 14.7 Å². The molecule has 6 heteroatoms. The third-order valence-electron chi connectivity index (χ3n) is 1.20. The summed E-state index contributed by atoms with van der Waals surface area (Å²) in [5, 5.41) is 0. The van der Waals surface area contributed by atoms with Crippen molar-refractivity contribution in [2.75, 3.05) is 0 Å². The fourth-order valence-electron chi connectivity index (χ4n) is 0.604. The summed E-state index contributed by atoms with van der Waals surface area (Å²) in [5.74, 6) is -0.977. The number of rotatable bonds is 0. The number of hydrogen-bond acceptors (Lipinski definition) is 1. The van der Waals surface area contributed by atoms with Crippen LogP contribution in [0.3, 0.4) is 0 Å². The first-order valence-electron chi connectivity index (χ1n) is 2.89. The highest BCUT2D eigenvalue weighted by Gasteiger charge is 2.31. The van der Waals surface area contributed by atoms with Gasteiger partial charge in [-0.1, -0.05) is 9.24 Å². The lowest BCUT2D eigenvalue weighted by molar-refractivity contribution is -0.138. The van der Waals surface area contributed by atoms with Crippen LogP contribution < -0.4 is 5.44 Å². The van der Waals surface area contributed by atoms with E-state index in [-0.39, 0.29) is 5.44 Å². The Balaban J connectivity index is 3.14. The molecule has 1 atom stereocenters. The summed E-state index contributed by atoms with van der Waals surface area (Å²) >= 11 is 0. The highest BCUT2D eigenvalue weighted by atomic mass is 31.0. The highest BCUT2D eigenvalue weighted by molar-refractivity contribution is 7.26. The largest absolute Gasteiger partial charge is 0.417 e. The van der Waals surface area contributed by atoms with E-state index in [0.717, 1.165) is 0 Å². The molecule has 0 aliphatic carbocycles. The second-order valence-electron chi connectivity index (χ2n) is 2.09. The summed E-state index contributed by atoms with van der Waals surface area (Å²) in [6.45, 7) is 0. The Labute approximate surface area is 68.0 Å². The molecule has 0 saturated carbocycles. The van der Waals surface area contributed by atoms with Gasteiger partial charge in [0.1, 0.15) is 5.82 Å². The van der Waals surface area contributed by atoms with Gasteiger partial charge in [0, 0.05) is 6.20 Å². The Kier molecular flexibility index (Phi) is 2.33. The highest BCUT2D eigenvalue weighted by Crippen LogP contribution is 2.28. The molecule has 0 saturated heterocycles. The number of alkyl halides is 3. The van der Waals surface area contributed by atoms with Crippen molar-refractivity contribution in [2.45, 2.75) is 6.18 Å². The molecule has 0 aliphatic heterocycles. The lowest BCUT2D eigenvalue weighted by Crippen LogP contribution is -2.11. The molecular formula is C6H4F4NP. The van der Waals surface area contributed by atoms with Gasteiger partial charge >= 0.3 is 6.18 Å². The van der Waals surface area contributed by atoms with Gasteiger partial charge in [0.15, 0.2) is 0 Å². The molecule has 0 N–H and O–H groups in total. The molecule has 66 valence electrons. The number of nitrogens with zero attached hydrogens (tertiary/aromatic N) is 1. The lowest BCUT2D eigenvalue weighted by Gasteiger charge is -2.05. The first-order valence-corrected chi connectivity index (χ1v) is 3.47. The van der Waals surface area contributed by atoms with E-state index in [9.17, 15) is 17.6 Å². The van der Waals surface area contributed by atoms with Gasteiger partial charge in [0.2, 0.25) is 0 Å². The monoisotopic (exact) mass is 197 g/mol. The minimum atomic E-state index is -4.54. The third-order valence-corrected chi connectivity index (χ3v) is 1.62. The van der Waals surface area contributed by atoms with Crippen LogP contribution in [-0.2, 0) is 6.18 Å². The fourth-order valence-corrected chi connectivity index (χ4v) is 0.761. The van der Waals surface area contributed by atoms with Crippen LogP contribution in [0.25, 0.3) is 0 Å². The third kappa shape index (κ3) is 1.91. The molecule has 1 aromatic heterocycles. The lowest BCUT2D eigenvalue weighted by atomic mass is 10.3. The van der Waals surface area contributed by atoms with Crippen molar-refractivity contribution in [3.05, 3.63) is 23.6 Å². The Hall–Kier alpha value is -0.700. The molecule has 0 amide bonds. The summed E-state index contributed by atoms with van der Waals surface area (Å²) in [6.07, 6.45) is -3.95. The summed E-state index contributed by atoms with van der Waals surface area (Å²) in [5.41, 5.74) is -1.20. The minimum Gasteiger partial charge on any atom is -0.253 e. The maximum absolute atomic E-state index is 12.5. The number of halogens is 4. The van der Waals surface area contributed by atoms with Gasteiger partial charge in [-0.3, -0.25) is 4.98 Å². The molecule has 1 heterocycles. The molecule has 0 aliphatic rings. The van der Waals surface area contributed by atoms with Crippen molar-refractivity contribution in [3.8, 4) is 0 Å². The molecule has 0 aromatic carbocycles. The van der Waals surface area contributed by atoms with Crippen LogP contribution >= 0.6 is 9.24 Å². The molecule has 0 spiro atoms. The van der Waals surface area contributed by atoms with E-state index in [1.54, 1.807) is 0 Å². The van der Waals surface area contributed by atoms with E-state index in [4.69, 9.17) is 0 Å². The number of pyridine rings is 1. The Morgan fingerprint density at radius 3 is 2.33 bits per heavy atom. The molecule has 1 rings (SSSR count). The Morgan fingerprint density at radius 1 is 1.33 bits per heavy atom. The molecule has 1 unspecified atom stereocenters. The van der Waals surface area contributed by atoms with E-state index in [1.165, 1.54) is 0 Å². The van der Waals surface area contributed by atoms with Crippen molar-refractivity contribution in [1.29, 1.82) is 0 Å². The standard InChI is InChI=1S/C6H4F4NP/c7-4-1-3(6(8,9)10)2-11-5(4)12/h1-2H,12H2. The summed E-state index contributed by atoms with van der Waals surface area (Å²) in [6, 6.07) is 0.412. The van der Waals surface area contributed by atoms with Crippen molar-refractivity contribution in [3.63, 3.8) is 0 Å². The predicted molar refractivity (Wildman–Crippen MR) is 38.5 cm³/mol. The molecular weight excluding hydrogens is 193 g/mol. The molecule has 1 aromatic rings. The summed E-state index contributed by atoms with van der Waals surface area (Å²) in [4.78, 5) is 3.21. The van der Waals surface area contributed by atoms with Crippen LogP contribution in [0.4, 0.5) is 17.6 Å². The summed E-state index contributed by atoms with van der Waals surface area (Å²) in [7, 11) is 1.90. The van der Waals surface area contributed by atoms with Crippen molar-refractivity contribution in [2.24, 2.45) is 0 Å². The van der Waals surface area contributed by atoms with E-state index in [0.29, 0.717) is 12.3 Å². The van der Waals surface area contributed by atoms with Crippen LogP contribution in [0.2, 0.25) is 0 Å². The summed E-state index contributed by atoms with van der Waals surface area (Å²) < 4.78 is 48.2. The van der Waals surface area contributed by atoms with Gasteiger partial charge < -0.3 is 0 Å². The van der Waals surface area contributed by atoms with Gasteiger partial charge in [0.05, 0.1) is 11.0 Å². The number of aromatic nitrogens is 1. The molecule has 1 nitrogen and oxygen atoms in total. The van der Waals surface area contributed by atoms with Gasteiger partial charge in [0.25, 0.3) is 0 Å². The molecule has 0 fully saturated rings. The first kappa shape index (κ1) is 9.39. The Bertz CT molecular complexity index is 296. The van der Waals surface area contributed by atoms with Gasteiger partial charge in [-0.25, -0.2) is 4.39 Å². The van der Waals surface area contributed by atoms with E-state index in [1.807, 2.05) is 9.24 Å². The van der Waals surface area contributed by atoms with Gasteiger partial charge in [-0.2, -0.15) is 13.2 Å². The zero-order valence-electron chi connectivity index (χ0n) is 5.69. The van der Waals surface area contributed by atoms with E-state index >= 15 is 0 Å². The first-order chi connectivity index (χ1) is 5.41. The fraction of sp³-hybridized carbons (Fsp3) is 0.167. The predicted octanol–water partition coefficient (Wildman–Crippen LogP) is 1.74.